The smallest absolute Gasteiger partial charge is 0.220 e. The van der Waals surface area contributed by atoms with Gasteiger partial charge in [-0.3, -0.25) is 4.79 Å². The van der Waals surface area contributed by atoms with Crippen LogP contribution in [0.5, 0.6) is 11.5 Å². The van der Waals surface area contributed by atoms with Gasteiger partial charge in [-0.25, -0.2) is 14.6 Å². The number of carbonyl (C=O) groups excluding carboxylic acids is 1. The first-order chi connectivity index (χ1) is 17.1. The number of para-hydroxylation sites is 1. The van der Waals surface area contributed by atoms with E-state index >= 15 is 0 Å². The third-order valence-corrected chi connectivity index (χ3v) is 6.51. The maximum Gasteiger partial charge on any atom is 0.220 e. The Bertz CT molecular complexity index is 1290. The van der Waals surface area contributed by atoms with Crippen LogP contribution in [-0.2, 0) is 4.79 Å². The van der Waals surface area contributed by atoms with E-state index in [0.717, 1.165) is 65.9 Å². The summed E-state index contributed by atoms with van der Waals surface area (Å²) >= 11 is 0. The number of amides is 1. The second-order valence-electron chi connectivity index (χ2n) is 9.01. The SMILES string of the molecule is CCCC(=O)NC1CCC(n2nc(-c3ccc(Oc4ccccc4)cc3)c3c(N)ncnc32)CC1. The van der Waals surface area contributed by atoms with E-state index in [4.69, 9.17) is 15.6 Å². The number of rotatable bonds is 7. The molecule has 2 aromatic heterocycles. The number of fused-ring (bicyclic) bond motifs is 1. The lowest BCUT2D eigenvalue weighted by molar-refractivity contribution is -0.122. The third-order valence-electron chi connectivity index (χ3n) is 6.51. The van der Waals surface area contributed by atoms with Crippen LogP contribution in [0.3, 0.4) is 0 Å². The summed E-state index contributed by atoms with van der Waals surface area (Å²) in [5.41, 5.74) is 8.74. The molecule has 2 aromatic carbocycles. The first-order valence-electron chi connectivity index (χ1n) is 12.2. The highest BCUT2D eigenvalue weighted by molar-refractivity contribution is 5.98. The molecule has 0 radical (unpaired) electrons. The van der Waals surface area contributed by atoms with Crippen molar-refractivity contribution >= 4 is 22.8 Å². The number of ether oxygens (including phenoxy) is 1. The second-order valence-corrected chi connectivity index (χ2v) is 9.01. The molecule has 180 valence electrons. The van der Waals surface area contributed by atoms with Crippen molar-refractivity contribution in [1.82, 2.24) is 25.1 Å². The van der Waals surface area contributed by atoms with Gasteiger partial charge in [0.25, 0.3) is 0 Å². The fraction of sp³-hybridized carbons (Fsp3) is 0.333. The molecule has 0 atom stereocenters. The molecule has 2 heterocycles. The fourth-order valence-electron chi connectivity index (χ4n) is 4.75. The Morgan fingerprint density at radius 1 is 1.03 bits per heavy atom. The van der Waals surface area contributed by atoms with Crippen LogP contribution < -0.4 is 15.8 Å². The standard InChI is InChI=1S/C27H30N6O2/c1-2-6-23(34)31-19-11-13-20(14-12-19)33-27-24(26(28)29-17-30-27)25(32-33)18-9-15-22(16-10-18)35-21-7-4-3-5-8-21/h3-5,7-10,15-17,19-20H,2,6,11-14H2,1H3,(H,31,34)(H2,28,29,30). The maximum absolute atomic E-state index is 12.0. The van der Waals surface area contributed by atoms with Crippen LogP contribution in [0, 0.1) is 0 Å². The number of anilines is 1. The van der Waals surface area contributed by atoms with Crippen LogP contribution in [0.25, 0.3) is 22.3 Å². The lowest BCUT2D eigenvalue weighted by Crippen LogP contribution is -2.37. The van der Waals surface area contributed by atoms with E-state index in [-0.39, 0.29) is 18.0 Å². The first kappa shape index (κ1) is 22.8. The molecule has 1 aliphatic carbocycles. The summed E-state index contributed by atoms with van der Waals surface area (Å²) in [4.78, 5) is 20.8. The van der Waals surface area contributed by atoms with Crippen molar-refractivity contribution in [3.05, 3.63) is 60.9 Å². The molecule has 1 saturated carbocycles. The number of nitrogens with zero attached hydrogens (tertiary/aromatic N) is 4. The van der Waals surface area contributed by atoms with Crippen molar-refractivity contribution in [3.8, 4) is 22.8 Å². The minimum atomic E-state index is 0.142. The van der Waals surface area contributed by atoms with Crippen LogP contribution in [-0.4, -0.2) is 31.7 Å². The number of hydrogen-bond donors (Lipinski definition) is 2. The molecule has 35 heavy (non-hydrogen) atoms. The number of nitrogen functional groups attached to an aromatic ring is 1. The Labute approximate surface area is 204 Å². The van der Waals surface area contributed by atoms with E-state index in [1.807, 2.05) is 66.2 Å². The molecule has 8 nitrogen and oxygen atoms in total. The number of aromatic nitrogens is 4. The molecule has 4 aromatic rings. The van der Waals surface area contributed by atoms with Gasteiger partial charge in [-0.05, 0) is 68.5 Å². The van der Waals surface area contributed by atoms with E-state index in [1.165, 1.54) is 6.33 Å². The molecule has 1 fully saturated rings. The van der Waals surface area contributed by atoms with E-state index < -0.39 is 0 Å². The Hall–Kier alpha value is -3.94. The quantitative estimate of drug-likeness (QED) is 0.381. The molecule has 0 bridgehead atoms. The molecule has 3 N–H and O–H groups in total. The molecule has 8 heteroatoms. The van der Waals surface area contributed by atoms with Gasteiger partial charge in [0, 0.05) is 18.0 Å². The van der Waals surface area contributed by atoms with Gasteiger partial charge in [-0.2, -0.15) is 5.10 Å². The first-order valence-corrected chi connectivity index (χ1v) is 12.2. The highest BCUT2D eigenvalue weighted by Crippen LogP contribution is 2.36. The van der Waals surface area contributed by atoms with Gasteiger partial charge in [-0.15, -0.1) is 0 Å². The number of nitrogens with one attached hydrogen (secondary N) is 1. The molecule has 5 rings (SSSR count). The van der Waals surface area contributed by atoms with Crippen molar-refractivity contribution in [1.29, 1.82) is 0 Å². The highest BCUT2D eigenvalue weighted by atomic mass is 16.5. The largest absolute Gasteiger partial charge is 0.457 e. The van der Waals surface area contributed by atoms with E-state index in [2.05, 4.69) is 15.3 Å². The summed E-state index contributed by atoms with van der Waals surface area (Å²) < 4.78 is 7.93. The molecule has 0 aliphatic heterocycles. The zero-order valence-corrected chi connectivity index (χ0v) is 19.9. The Morgan fingerprint density at radius 3 is 2.46 bits per heavy atom. The molecule has 0 saturated heterocycles. The van der Waals surface area contributed by atoms with Gasteiger partial charge in [0.05, 0.1) is 11.4 Å². The monoisotopic (exact) mass is 470 g/mol. The Balaban J connectivity index is 1.38. The van der Waals surface area contributed by atoms with Crippen molar-refractivity contribution in [2.45, 2.75) is 57.5 Å². The second kappa shape index (κ2) is 10.1. The van der Waals surface area contributed by atoms with E-state index in [1.54, 1.807) is 0 Å². The van der Waals surface area contributed by atoms with Crippen LogP contribution in [0.4, 0.5) is 5.82 Å². The van der Waals surface area contributed by atoms with Gasteiger partial charge in [0.1, 0.15) is 29.3 Å². The van der Waals surface area contributed by atoms with Crippen molar-refractivity contribution < 1.29 is 9.53 Å². The maximum atomic E-state index is 12.0. The Morgan fingerprint density at radius 2 is 1.74 bits per heavy atom. The minimum Gasteiger partial charge on any atom is -0.457 e. The number of benzene rings is 2. The number of hydrogen-bond acceptors (Lipinski definition) is 6. The summed E-state index contributed by atoms with van der Waals surface area (Å²) in [7, 11) is 0. The summed E-state index contributed by atoms with van der Waals surface area (Å²) in [6, 6.07) is 17.9. The van der Waals surface area contributed by atoms with E-state index in [0.29, 0.717) is 12.2 Å². The average molecular weight is 471 g/mol. The van der Waals surface area contributed by atoms with Crippen molar-refractivity contribution in [2.24, 2.45) is 0 Å². The summed E-state index contributed by atoms with van der Waals surface area (Å²) in [6.45, 7) is 2.02. The summed E-state index contributed by atoms with van der Waals surface area (Å²) in [6.07, 6.45) is 6.61. The lowest BCUT2D eigenvalue weighted by Gasteiger charge is -2.29. The molecule has 0 spiro atoms. The zero-order chi connectivity index (χ0) is 24.2. The predicted octanol–water partition coefficient (Wildman–Crippen LogP) is 5.27. The predicted molar refractivity (Wildman–Crippen MR) is 136 cm³/mol. The molecule has 1 amide bonds. The van der Waals surface area contributed by atoms with Crippen LogP contribution in [0.2, 0.25) is 0 Å². The summed E-state index contributed by atoms with van der Waals surface area (Å²) in [5, 5.41) is 8.91. The van der Waals surface area contributed by atoms with Gasteiger partial charge in [0.15, 0.2) is 5.65 Å². The van der Waals surface area contributed by atoms with E-state index in [9.17, 15) is 4.79 Å². The number of nitrogens with two attached hydrogens (primary N) is 1. The molecular weight excluding hydrogens is 440 g/mol. The molecular formula is C27H30N6O2. The molecule has 0 unspecified atom stereocenters. The van der Waals surface area contributed by atoms with Crippen molar-refractivity contribution in [3.63, 3.8) is 0 Å². The normalized spacial score (nSPS) is 17.9. The fourth-order valence-corrected chi connectivity index (χ4v) is 4.75. The molecule has 1 aliphatic rings. The van der Waals surface area contributed by atoms with Crippen LogP contribution in [0.15, 0.2) is 60.9 Å². The average Bonchev–Trinajstić information content (AvgIpc) is 3.27. The van der Waals surface area contributed by atoms with Gasteiger partial charge in [-0.1, -0.05) is 25.1 Å². The number of carbonyl (C=O) groups is 1. The van der Waals surface area contributed by atoms with Crippen LogP contribution >= 0.6 is 0 Å². The Kier molecular flexibility index (Phi) is 6.61. The third kappa shape index (κ3) is 4.96. The zero-order valence-electron chi connectivity index (χ0n) is 19.9. The highest BCUT2D eigenvalue weighted by Gasteiger charge is 2.27. The van der Waals surface area contributed by atoms with Gasteiger partial charge in [0.2, 0.25) is 5.91 Å². The minimum absolute atomic E-state index is 0.142. The van der Waals surface area contributed by atoms with Crippen molar-refractivity contribution in [2.75, 3.05) is 5.73 Å². The van der Waals surface area contributed by atoms with Gasteiger partial charge >= 0.3 is 0 Å². The topological polar surface area (TPSA) is 108 Å². The lowest BCUT2D eigenvalue weighted by atomic mass is 9.91. The van der Waals surface area contributed by atoms with Crippen LogP contribution in [0.1, 0.15) is 51.5 Å². The summed E-state index contributed by atoms with van der Waals surface area (Å²) in [5.74, 6) is 2.09. The van der Waals surface area contributed by atoms with Gasteiger partial charge < -0.3 is 15.8 Å².